The highest BCUT2D eigenvalue weighted by Gasteiger charge is 2.45. The summed E-state index contributed by atoms with van der Waals surface area (Å²) >= 11 is 3.33. The highest BCUT2D eigenvalue weighted by Crippen LogP contribution is 2.40. The number of ether oxygens (including phenoxy) is 1. The minimum absolute atomic E-state index is 0. The van der Waals surface area contributed by atoms with Gasteiger partial charge in [-0.15, -0.1) is 12.4 Å². The lowest BCUT2D eigenvalue weighted by Gasteiger charge is -2.20. The summed E-state index contributed by atoms with van der Waals surface area (Å²) in [5.74, 6) is 1.06. The van der Waals surface area contributed by atoms with Crippen molar-refractivity contribution in [3.05, 3.63) is 22.7 Å². The summed E-state index contributed by atoms with van der Waals surface area (Å²) in [5, 5.41) is 0. The molecule has 1 aromatic carbocycles. The Morgan fingerprint density at radius 3 is 2.68 bits per heavy atom. The number of halogens is 2. The standard InChI is InChI=1S/C14H19BrN2O3S.ClH/c1-20-13-5-3-10(15)6-14(13)21(18,19)17-7-9-2-4-12(16)11(9)8-17;/h3,5-6,9,11-12H,2,4,7-8,16H2,1H3;1H. The third-order valence-electron chi connectivity index (χ3n) is 4.62. The molecule has 1 saturated carbocycles. The zero-order chi connectivity index (χ0) is 15.2. The second-order valence-electron chi connectivity index (χ2n) is 5.78. The van der Waals surface area contributed by atoms with E-state index in [4.69, 9.17) is 10.5 Å². The Morgan fingerprint density at radius 1 is 1.32 bits per heavy atom. The van der Waals surface area contributed by atoms with Crippen molar-refractivity contribution in [1.82, 2.24) is 4.31 Å². The maximum absolute atomic E-state index is 12.9. The van der Waals surface area contributed by atoms with Crippen LogP contribution in [0.2, 0.25) is 0 Å². The maximum Gasteiger partial charge on any atom is 0.246 e. The van der Waals surface area contributed by atoms with Crippen molar-refractivity contribution in [2.75, 3.05) is 20.2 Å². The number of fused-ring (bicyclic) bond motifs is 1. The minimum atomic E-state index is -3.55. The Hall–Kier alpha value is -0.340. The second kappa shape index (κ2) is 6.65. The molecule has 0 amide bonds. The molecule has 124 valence electrons. The summed E-state index contributed by atoms with van der Waals surface area (Å²) < 4.78 is 33.3. The molecule has 3 unspecified atom stereocenters. The molecular formula is C14H20BrClN2O3S. The van der Waals surface area contributed by atoms with E-state index < -0.39 is 10.0 Å². The number of hydrogen-bond donors (Lipinski definition) is 1. The molecule has 0 spiro atoms. The first-order chi connectivity index (χ1) is 9.93. The number of benzene rings is 1. The van der Waals surface area contributed by atoms with Gasteiger partial charge in [-0.1, -0.05) is 15.9 Å². The zero-order valence-corrected chi connectivity index (χ0v) is 15.5. The number of hydrogen-bond acceptors (Lipinski definition) is 4. The molecule has 0 bridgehead atoms. The summed E-state index contributed by atoms with van der Waals surface area (Å²) in [7, 11) is -2.06. The SMILES string of the molecule is COc1ccc(Br)cc1S(=O)(=O)N1CC2CCC(N)C2C1.Cl. The van der Waals surface area contributed by atoms with E-state index >= 15 is 0 Å². The van der Waals surface area contributed by atoms with E-state index in [1.165, 1.54) is 7.11 Å². The molecular weight excluding hydrogens is 392 g/mol. The number of rotatable bonds is 3. The molecule has 1 aliphatic carbocycles. The first-order valence-corrected chi connectivity index (χ1v) is 9.26. The van der Waals surface area contributed by atoms with Crippen LogP contribution in [0.25, 0.3) is 0 Å². The van der Waals surface area contributed by atoms with Crippen LogP contribution in [0.5, 0.6) is 5.75 Å². The lowest BCUT2D eigenvalue weighted by molar-refractivity contribution is 0.394. The normalized spacial score (nSPS) is 28.2. The first kappa shape index (κ1) is 18.0. The van der Waals surface area contributed by atoms with Crippen LogP contribution in [0.3, 0.4) is 0 Å². The van der Waals surface area contributed by atoms with Gasteiger partial charge < -0.3 is 10.5 Å². The van der Waals surface area contributed by atoms with Crippen molar-refractivity contribution in [3.8, 4) is 5.75 Å². The molecule has 5 nitrogen and oxygen atoms in total. The van der Waals surface area contributed by atoms with E-state index in [-0.39, 0.29) is 29.3 Å². The molecule has 3 atom stereocenters. The summed E-state index contributed by atoms with van der Waals surface area (Å²) in [4.78, 5) is 0.216. The van der Waals surface area contributed by atoms with Crippen molar-refractivity contribution in [3.63, 3.8) is 0 Å². The molecule has 8 heteroatoms. The van der Waals surface area contributed by atoms with Gasteiger partial charge in [0.05, 0.1) is 7.11 Å². The fourth-order valence-electron chi connectivity index (χ4n) is 3.45. The number of nitrogens with two attached hydrogens (primary N) is 1. The third kappa shape index (κ3) is 3.01. The molecule has 2 aliphatic rings. The molecule has 1 saturated heterocycles. The fraction of sp³-hybridized carbons (Fsp3) is 0.571. The van der Waals surface area contributed by atoms with Crippen molar-refractivity contribution in [1.29, 1.82) is 0 Å². The van der Waals surface area contributed by atoms with Gasteiger partial charge in [-0.2, -0.15) is 4.31 Å². The molecule has 0 aromatic heterocycles. The lowest BCUT2D eigenvalue weighted by Crippen LogP contribution is -2.33. The Morgan fingerprint density at radius 2 is 2.05 bits per heavy atom. The Balaban J connectivity index is 0.00000176. The molecule has 22 heavy (non-hydrogen) atoms. The largest absolute Gasteiger partial charge is 0.495 e. The van der Waals surface area contributed by atoms with Crippen LogP contribution in [0.1, 0.15) is 12.8 Å². The Labute approximate surface area is 145 Å². The fourth-order valence-corrected chi connectivity index (χ4v) is 5.68. The molecule has 1 aliphatic heterocycles. The van der Waals surface area contributed by atoms with Gasteiger partial charge in [-0.25, -0.2) is 8.42 Å². The van der Waals surface area contributed by atoms with Gasteiger partial charge in [0.25, 0.3) is 0 Å². The maximum atomic E-state index is 12.9. The lowest BCUT2D eigenvalue weighted by atomic mass is 9.98. The van der Waals surface area contributed by atoms with E-state index in [2.05, 4.69) is 15.9 Å². The number of methoxy groups -OCH3 is 1. The smallest absolute Gasteiger partial charge is 0.246 e. The molecule has 1 aromatic rings. The van der Waals surface area contributed by atoms with Crippen molar-refractivity contribution >= 4 is 38.4 Å². The third-order valence-corrected chi connectivity index (χ3v) is 6.97. The first-order valence-electron chi connectivity index (χ1n) is 7.02. The van der Waals surface area contributed by atoms with Crippen LogP contribution >= 0.6 is 28.3 Å². The van der Waals surface area contributed by atoms with Crippen LogP contribution in [-0.2, 0) is 10.0 Å². The van der Waals surface area contributed by atoms with Gasteiger partial charge in [-0.3, -0.25) is 0 Å². The molecule has 3 rings (SSSR count). The highest BCUT2D eigenvalue weighted by atomic mass is 79.9. The van der Waals surface area contributed by atoms with Gasteiger partial charge >= 0.3 is 0 Å². The number of nitrogens with zero attached hydrogens (tertiary/aromatic N) is 1. The van der Waals surface area contributed by atoms with E-state index in [0.717, 1.165) is 17.3 Å². The second-order valence-corrected chi connectivity index (χ2v) is 8.60. The van der Waals surface area contributed by atoms with Gasteiger partial charge in [0, 0.05) is 23.6 Å². The predicted octanol–water partition coefficient (Wildman–Crippen LogP) is 2.24. The van der Waals surface area contributed by atoms with Gasteiger partial charge in [0.2, 0.25) is 10.0 Å². The van der Waals surface area contributed by atoms with E-state index in [0.29, 0.717) is 24.8 Å². The monoisotopic (exact) mass is 410 g/mol. The summed E-state index contributed by atoms with van der Waals surface area (Å²) in [6.45, 7) is 1.08. The van der Waals surface area contributed by atoms with Crippen molar-refractivity contribution < 1.29 is 13.2 Å². The summed E-state index contributed by atoms with van der Waals surface area (Å²) in [6.07, 6.45) is 2.02. The average Bonchev–Trinajstić information content (AvgIpc) is 3.02. The van der Waals surface area contributed by atoms with Crippen molar-refractivity contribution in [2.45, 2.75) is 23.8 Å². The molecule has 2 fully saturated rings. The van der Waals surface area contributed by atoms with Crippen LogP contribution < -0.4 is 10.5 Å². The Kier molecular flexibility index (Phi) is 5.44. The van der Waals surface area contributed by atoms with Crippen LogP contribution in [0, 0.1) is 11.8 Å². The quantitative estimate of drug-likeness (QED) is 0.828. The van der Waals surface area contributed by atoms with Crippen molar-refractivity contribution in [2.24, 2.45) is 17.6 Å². The van der Waals surface area contributed by atoms with Crippen LogP contribution in [0.15, 0.2) is 27.6 Å². The van der Waals surface area contributed by atoms with Gasteiger partial charge in [0.15, 0.2) is 0 Å². The zero-order valence-electron chi connectivity index (χ0n) is 12.2. The number of sulfonamides is 1. The predicted molar refractivity (Wildman–Crippen MR) is 90.9 cm³/mol. The van der Waals surface area contributed by atoms with Crippen LogP contribution in [-0.4, -0.2) is 39.0 Å². The minimum Gasteiger partial charge on any atom is -0.495 e. The summed E-state index contributed by atoms with van der Waals surface area (Å²) in [5.41, 5.74) is 6.09. The average molecular weight is 412 g/mol. The molecule has 2 N–H and O–H groups in total. The topological polar surface area (TPSA) is 72.6 Å². The van der Waals surface area contributed by atoms with Gasteiger partial charge in [-0.05, 0) is 42.9 Å². The van der Waals surface area contributed by atoms with Crippen LogP contribution in [0.4, 0.5) is 0 Å². The Bertz CT molecular complexity index is 655. The van der Waals surface area contributed by atoms with E-state index in [1.807, 2.05) is 0 Å². The molecule has 0 radical (unpaired) electrons. The highest BCUT2D eigenvalue weighted by molar-refractivity contribution is 9.10. The van der Waals surface area contributed by atoms with E-state index in [1.54, 1.807) is 22.5 Å². The molecule has 1 heterocycles. The van der Waals surface area contributed by atoms with Gasteiger partial charge in [0.1, 0.15) is 10.6 Å². The summed E-state index contributed by atoms with van der Waals surface area (Å²) in [6, 6.07) is 5.16. The van der Waals surface area contributed by atoms with E-state index in [9.17, 15) is 8.42 Å².